The minimum absolute atomic E-state index is 0.816. The zero-order chi connectivity index (χ0) is 17.9. The summed E-state index contributed by atoms with van der Waals surface area (Å²) in [4.78, 5) is 8.77. The summed E-state index contributed by atoms with van der Waals surface area (Å²) in [6.45, 7) is 9.75. The van der Waals surface area contributed by atoms with Gasteiger partial charge in [-0.15, -0.1) is 6.42 Å². The van der Waals surface area contributed by atoms with Crippen LogP contribution in [0.1, 0.15) is 31.9 Å². The van der Waals surface area contributed by atoms with Crippen LogP contribution in [-0.4, -0.2) is 19.0 Å². The van der Waals surface area contributed by atoms with E-state index >= 15 is 0 Å². The van der Waals surface area contributed by atoms with Crippen LogP contribution in [0.4, 0.5) is 0 Å². The lowest BCUT2D eigenvalue weighted by atomic mass is 10.0. The molecule has 1 rings (SSSR count). The van der Waals surface area contributed by atoms with Crippen molar-refractivity contribution in [3.05, 3.63) is 77.5 Å². The average Bonchev–Trinajstić information content (AvgIpc) is 2.62. The molecule has 1 aromatic rings. The van der Waals surface area contributed by atoms with Gasteiger partial charge in [-0.2, -0.15) is 0 Å². The minimum atomic E-state index is 0.816. The van der Waals surface area contributed by atoms with E-state index in [-0.39, 0.29) is 0 Å². The van der Waals surface area contributed by atoms with Gasteiger partial charge >= 0.3 is 0 Å². The van der Waals surface area contributed by atoms with Crippen LogP contribution in [0, 0.1) is 12.3 Å². The second-order valence-electron chi connectivity index (χ2n) is 5.18. The highest BCUT2D eigenvalue weighted by molar-refractivity contribution is 6.10. The van der Waals surface area contributed by atoms with E-state index in [4.69, 9.17) is 6.42 Å². The Balaban J connectivity index is 3.19. The van der Waals surface area contributed by atoms with Crippen LogP contribution in [0.15, 0.2) is 76.4 Å². The van der Waals surface area contributed by atoms with Crippen molar-refractivity contribution in [1.29, 1.82) is 0 Å². The van der Waals surface area contributed by atoms with E-state index in [9.17, 15) is 0 Å². The van der Waals surface area contributed by atoms with Crippen molar-refractivity contribution < 1.29 is 0 Å². The maximum atomic E-state index is 5.29. The van der Waals surface area contributed by atoms with Crippen molar-refractivity contribution in [2.75, 3.05) is 7.05 Å². The zero-order valence-electron chi connectivity index (χ0n) is 14.9. The molecule has 2 heteroatoms. The Morgan fingerprint density at radius 2 is 1.79 bits per heavy atom. The lowest BCUT2D eigenvalue weighted by Crippen LogP contribution is -1.97. The van der Waals surface area contributed by atoms with E-state index in [0.29, 0.717) is 0 Å². The largest absolute Gasteiger partial charge is 0.296 e. The van der Waals surface area contributed by atoms with Crippen LogP contribution in [0.5, 0.6) is 0 Å². The monoisotopic (exact) mass is 316 g/mol. The molecule has 24 heavy (non-hydrogen) atoms. The molecule has 1 aromatic carbocycles. The van der Waals surface area contributed by atoms with E-state index in [1.165, 1.54) is 0 Å². The van der Waals surface area contributed by atoms with Gasteiger partial charge in [0.15, 0.2) is 0 Å². The van der Waals surface area contributed by atoms with Gasteiger partial charge in [-0.25, -0.2) is 0 Å². The number of benzene rings is 1. The Labute approximate surface area is 145 Å². The van der Waals surface area contributed by atoms with E-state index in [1.54, 1.807) is 19.2 Å². The second kappa shape index (κ2) is 9.97. The minimum Gasteiger partial charge on any atom is -0.296 e. The Kier molecular flexibility index (Phi) is 7.94. The molecule has 0 aromatic heterocycles. The number of allylic oxidation sites excluding steroid dienone is 6. The van der Waals surface area contributed by atoms with Crippen molar-refractivity contribution >= 4 is 17.5 Å². The fourth-order valence-electron chi connectivity index (χ4n) is 2.09. The molecule has 0 saturated heterocycles. The summed E-state index contributed by atoms with van der Waals surface area (Å²) in [6, 6.07) is 8.28. The van der Waals surface area contributed by atoms with Crippen LogP contribution >= 0.6 is 0 Å². The van der Waals surface area contributed by atoms with Gasteiger partial charge in [0, 0.05) is 19.0 Å². The van der Waals surface area contributed by atoms with Crippen LogP contribution in [0.2, 0.25) is 0 Å². The molecule has 2 nitrogen and oxygen atoms in total. The smallest absolute Gasteiger partial charge is 0.0668 e. The van der Waals surface area contributed by atoms with Gasteiger partial charge in [-0.1, -0.05) is 48.9 Å². The third-order valence-electron chi connectivity index (χ3n) is 3.55. The Hall–Kier alpha value is -2.92. The molecule has 0 unspecified atom stereocenters. The average molecular weight is 316 g/mol. The first-order valence-corrected chi connectivity index (χ1v) is 7.77. The molecule has 0 bridgehead atoms. The summed E-state index contributed by atoms with van der Waals surface area (Å²) in [5, 5.41) is 0. The first-order valence-electron chi connectivity index (χ1n) is 7.77. The maximum Gasteiger partial charge on any atom is 0.0668 e. The highest BCUT2D eigenvalue weighted by Crippen LogP contribution is 2.16. The topological polar surface area (TPSA) is 24.7 Å². The number of aliphatic imine (C=N–C) groups is 2. The summed E-state index contributed by atoms with van der Waals surface area (Å²) < 4.78 is 0. The first-order chi connectivity index (χ1) is 11.6. The number of hydrogen-bond acceptors (Lipinski definition) is 2. The van der Waals surface area contributed by atoms with Gasteiger partial charge in [0.1, 0.15) is 0 Å². The van der Waals surface area contributed by atoms with Gasteiger partial charge in [-0.05, 0) is 55.2 Å². The highest BCUT2D eigenvalue weighted by atomic mass is 14.8. The molecule has 122 valence electrons. The van der Waals surface area contributed by atoms with Crippen LogP contribution in [0.3, 0.4) is 0 Å². The molecule has 0 radical (unpaired) electrons. The van der Waals surface area contributed by atoms with Crippen molar-refractivity contribution in [3.63, 3.8) is 0 Å². The second-order valence-corrected chi connectivity index (χ2v) is 5.18. The van der Waals surface area contributed by atoms with E-state index in [1.807, 2.05) is 39.1 Å². The van der Waals surface area contributed by atoms with E-state index in [0.717, 1.165) is 33.7 Å². The predicted molar refractivity (Wildman–Crippen MR) is 108 cm³/mol. The molecule has 0 fully saturated rings. The molecule has 0 amide bonds. The molecule has 0 aliphatic carbocycles. The maximum absolute atomic E-state index is 5.29. The van der Waals surface area contributed by atoms with Crippen molar-refractivity contribution in [3.8, 4) is 12.3 Å². The molecule has 0 aliphatic heterocycles. The van der Waals surface area contributed by atoms with E-state index in [2.05, 4.69) is 46.7 Å². The van der Waals surface area contributed by atoms with Gasteiger partial charge in [0.2, 0.25) is 0 Å². The SMILES string of the molecule is C#C/C=C\C(N=C(C)c1ccc(/C(C=NC)=C/C)cc1)=C(\C)C=C. The van der Waals surface area contributed by atoms with Gasteiger partial charge in [0.25, 0.3) is 0 Å². The van der Waals surface area contributed by atoms with Crippen molar-refractivity contribution in [1.82, 2.24) is 0 Å². The fraction of sp³-hybridized carbons (Fsp3) is 0.182. The Bertz CT molecular complexity index is 761. The van der Waals surface area contributed by atoms with Gasteiger partial charge in [0.05, 0.1) is 5.70 Å². The Morgan fingerprint density at radius 1 is 1.17 bits per heavy atom. The third-order valence-corrected chi connectivity index (χ3v) is 3.55. The molecule has 0 spiro atoms. The predicted octanol–water partition coefficient (Wildman–Crippen LogP) is 5.25. The third kappa shape index (κ3) is 5.37. The molecular formula is C22H24N2. The van der Waals surface area contributed by atoms with Crippen LogP contribution in [0.25, 0.3) is 5.57 Å². The Morgan fingerprint density at radius 3 is 2.29 bits per heavy atom. The number of terminal acetylenes is 1. The molecule has 0 atom stereocenters. The first kappa shape index (κ1) is 19.1. The molecule has 0 heterocycles. The number of nitrogens with zero attached hydrogens (tertiary/aromatic N) is 2. The summed E-state index contributed by atoms with van der Waals surface area (Å²) >= 11 is 0. The van der Waals surface area contributed by atoms with E-state index < -0.39 is 0 Å². The number of hydrogen-bond donors (Lipinski definition) is 0. The normalized spacial score (nSPS) is 14.0. The van der Waals surface area contributed by atoms with Crippen molar-refractivity contribution in [2.24, 2.45) is 9.98 Å². The quantitative estimate of drug-likeness (QED) is 0.389. The molecular weight excluding hydrogens is 292 g/mol. The molecule has 0 N–H and O–H groups in total. The summed E-state index contributed by atoms with van der Waals surface area (Å²) in [7, 11) is 1.77. The standard InChI is InChI=1S/C22H24N2/c1-7-10-11-22(17(4)8-2)24-18(5)20-12-14-21(15-13-20)19(9-3)16-23-6/h1,8-16H,2H2,3-6H3/b11-10-,19-9+,22-17+,23-16?,24-18?. The number of rotatable bonds is 6. The lowest BCUT2D eigenvalue weighted by molar-refractivity contribution is 1.30. The zero-order valence-corrected chi connectivity index (χ0v) is 14.9. The van der Waals surface area contributed by atoms with Crippen LogP contribution < -0.4 is 0 Å². The fourth-order valence-corrected chi connectivity index (χ4v) is 2.09. The lowest BCUT2D eigenvalue weighted by Gasteiger charge is -2.06. The van der Waals surface area contributed by atoms with Gasteiger partial charge < -0.3 is 0 Å². The molecule has 0 aliphatic rings. The summed E-state index contributed by atoms with van der Waals surface area (Å²) in [6.07, 6.45) is 14.4. The summed E-state index contributed by atoms with van der Waals surface area (Å²) in [5.41, 5.74) is 6.00. The van der Waals surface area contributed by atoms with Gasteiger partial charge in [-0.3, -0.25) is 9.98 Å². The highest BCUT2D eigenvalue weighted by Gasteiger charge is 2.02. The molecule has 0 saturated carbocycles. The van der Waals surface area contributed by atoms with Crippen molar-refractivity contribution in [2.45, 2.75) is 20.8 Å². The van der Waals surface area contributed by atoms with Crippen LogP contribution in [-0.2, 0) is 0 Å². The summed E-state index contributed by atoms with van der Waals surface area (Å²) in [5.74, 6) is 2.49.